The molecule has 2 saturated heterocycles. The number of aliphatic hydroxyl groups excluding tert-OH is 1. The largest absolute Gasteiger partial charge is 0.396 e. The number of carbonyl (C=O) groups is 1. The van der Waals surface area contributed by atoms with Crippen molar-refractivity contribution in [2.24, 2.45) is 5.92 Å². The van der Waals surface area contributed by atoms with Gasteiger partial charge in [0, 0.05) is 50.7 Å². The standard InChI is InChI=1S/C12H20N2O2/c15-8-9-5-12(16)14(6-9)11-3-4-13(7-11)10-1-2-10/h9-11,15H,1-8H2. The Morgan fingerprint density at radius 1 is 1.19 bits per heavy atom. The van der Waals surface area contributed by atoms with Crippen molar-refractivity contribution in [2.75, 3.05) is 26.2 Å². The summed E-state index contributed by atoms with van der Waals surface area (Å²) < 4.78 is 0. The summed E-state index contributed by atoms with van der Waals surface area (Å²) in [6.07, 6.45) is 4.37. The fourth-order valence-corrected chi connectivity index (χ4v) is 3.08. The molecule has 0 aromatic carbocycles. The number of carbonyl (C=O) groups excluding carboxylic acids is 1. The first-order valence-corrected chi connectivity index (χ1v) is 6.42. The molecule has 90 valence electrons. The number of amides is 1. The van der Waals surface area contributed by atoms with Crippen molar-refractivity contribution in [2.45, 2.75) is 37.8 Å². The summed E-state index contributed by atoms with van der Waals surface area (Å²) in [5, 5.41) is 9.11. The first-order valence-electron chi connectivity index (χ1n) is 6.42. The van der Waals surface area contributed by atoms with E-state index < -0.39 is 0 Å². The van der Waals surface area contributed by atoms with Crippen LogP contribution in [0.1, 0.15) is 25.7 Å². The number of rotatable bonds is 3. The fraction of sp³-hybridized carbons (Fsp3) is 0.917. The minimum Gasteiger partial charge on any atom is -0.396 e. The maximum atomic E-state index is 11.8. The van der Waals surface area contributed by atoms with Gasteiger partial charge in [-0.25, -0.2) is 0 Å². The van der Waals surface area contributed by atoms with Crippen molar-refractivity contribution in [3.63, 3.8) is 0 Å². The molecule has 1 saturated carbocycles. The number of nitrogens with zero attached hydrogens (tertiary/aromatic N) is 2. The first kappa shape index (κ1) is 10.5. The molecule has 0 bridgehead atoms. The van der Waals surface area contributed by atoms with Gasteiger partial charge < -0.3 is 10.0 Å². The molecule has 0 aromatic heterocycles. The molecule has 1 aliphatic carbocycles. The van der Waals surface area contributed by atoms with Gasteiger partial charge in [-0.2, -0.15) is 0 Å². The maximum absolute atomic E-state index is 11.8. The lowest BCUT2D eigenvalue weighted by molar-refractivity contribution is -0.129. The van der Waals surface area contributed by atoms with Gasteiger partial charge in [0.15, 0.2) is 0 Å². The van der Waals surface area contributed by atoms with E-state index in [0.717, 1.165) is 32.1 Å². The van der Waals surface area contributed by atoms with E-state index in [4.69, 9.17) is 5.11 Å². The zero-order chi connectivity index (χ0) is 11.1. The van der Waals surface area contributed by atoms with Crippen molar-refractivity contribution >= 4 is 5.91 Å². The zero-order valence-electron chi connectivity index (χ0n) is 9.64. The van der Waals surface area contributed by atoms with Crippen LogP contribution in [0.5, 0.6) is 0 Å². The molecule has 16 heavy (non-hydrogen) atoms. The molecule has 2 unspecified atom stereocenters. The maximum Gasteiger partial charge on any atom is 0.223 e. The summed E-state index contributed by atoms with van der Waals surface area (Å²) in [6.45, 7) is 3.15. The van der Waals surface area contributed by atoms with Crippen molar-refractivity contribution in [3.05, 3.63) is 0 Å². The molecule has 2 atom stereocenters. The first-order chi connectivity index (χ1) is 7.78. The van der Waals surface area contributed by atoms with E-state index in [1.54, 1.807) is 0 Å². The van der Waals surface area contributed by atoms with E-state index >= 15 is 0 Å². The Morgan fingerprint density at radius 2 is 2.00 bits per heavy atom. The van der Waals surface area contributed by atoms with Crippen molar-refractivity contribution < 1.29 is 9.90 Å². The van der Waals surface area contributed by atoms with Gasteiger partial charge >= 0.3 is 0 Å². The van der Waals surface area contributed by atoms with Crippen LogP contribution in [0.2, 0.25) is 0 Å². The summed E-state index contributed by atoms with van der Waals surface area (Å²) in [7, 11) is 0. The molecule has 0 spiro atoms. The monoisotopic (exact) mass is 224 g/mol. The van der Waals surface area contributed by atoms with Gasteiger partial charge in [-0.3, -0.25) is 9.69 Å². The van der Waals surface area contributed by atoms with E-state index in [2.05, 4.69) is 4.90 Å². The third kappa shape index (κ3) is 1.84. The minimum absolute atomic E-state index is 0.154. The lowest BCUT2D eigenvalue weighted by Crippen LogP contribution is -2.39. The number of likely N-dealkylation sites (tertiary alicyclic amines) is 2. The third-order valence-electron chi connectivity index (χ3n) is 4.20. The summed E-state index contributed by atoms with van der Waals surface area (Å²) >= 11 is 0. The van der Waals surface area contributed by atoms with E-state index in [1.807, 2.05) is 4.90 Å². The van der Waals surface area contributed by atoms with Crippen LogP contribution < -0.4 is 0 Å². The highest BCUT2D eigenvalue weighted by molar-refractivity contribution is 5.79. The Balaban J connectivity index is 1.59. The van der Waals surface area contributed by atoms with Gasteiger partial charge in [0.05, 0.1) is 0 Å². The normalized spacial score (nSPS) is 36.3. The van der Waals surface area contributed by atoms with E-state index in [-0.39, 0.29) is 18.4 Å². The smallest absolute Gasteiger partial charge is 0.223 e. The third-order valence-corrected chi connectivity index (χ3v) is 4.20. The lowest BCUT2D eigenvalue weighted by atomic mass is 10.1. The van der Waals surface area contributed by atoms with Gasteiger partial charge in [-0.05, 0) is 19.3 Å². The number of hydrogen-bond acceptors (Lipinski definition) is 3. The highest BCUT2D eigenvalue weighted by Gasteiger charge is 2.40. The molecule has 0 aromatic rings. The van der Waals surface area contributed by atoms with E-state index in [9.17, 15) is 4.79 Å². The molecule has 3 aliphatic rings. The molecule has 1 amide bonds. The van der Waals surface area contributed by atoms with Gasteiger partial charge in [-0.15, -0.1) is 0 Å². The van der Waals surface area contributed by atoms with Crippen molar-refractivity contribution in [3.8, 4) is 0 Å². The highest BCUT2D eigenvalue weighted by atomic mass is 16.3. The average molecular weight is 224 g/mol. The van der Waals surface area contributed by atoms with Gasteiger partial charge in [0.2, 0.25) is 5.91 Å². The van der Waals surface area contributed by atoms with Crippen molar-refractivity contribution in [1.29, 1.82) is 0 Å². The molecule has 2 heterocycles. The minimum atomic E-state index is 0.154. The lowest BCUT2D eigenvalue weighted by Gasteiger charge is -2.24. The van der Waals surface area contributed by atoms with Crippen LogP contribution in [0.4, 0.5) is 0 Å². The Kier molecular flexibility index (Phi) is 2.64. The number of aliphatic hydroxyl groups is 1. The van der Waals surface area contributed by atoms with Crippen LogP contribution in [0.15, 0.2) is 0 Å². The summed E-state index contributed by atoms with van der Waals surface area (Å²) in [6, 6.07) is 1.24. The molecule has 1 N–H and O–H groups in total. The van der Waals surface area contributed by atoms with Gasteiger partial charge in [0.25, 0.3) is 0 Å². The number of hydrogen-bond donors (Lipinski definition) is 1. The van der Waals surface area contributed by atoms with Crippen LogP contribution in [0.3, 0.4) is 0 Å². The fourth-order valence-electron chi connectivity index (χ4n) is 3.08. The average Bonchev–Trinajstić information content (AvgIpc) is 2.89. The Hall–Kier alpha value is -0.610. The second-order valence-electron chi connectivity index (χ2n) is 5.47. The molecule has 3 fully saturated rings. The second-order valence-corrected chi connectivity index (χ2v) is 5.47. The van der Waals surface area contributed by atoms with Crippen LogP contribution in [-0.2, 0) is 4.79 Å². The van der Waals surface area contributed by atoms with Gasteiger partial charge in [-0.1, -0.05) is 0 Å². The molecule has 4 heteroatoms. The van der Waals surface area contributed by atoms with Crippen LogP contribution in [-0.4, -0.2) is 59.1 Å². The van der Waals surface area contributed by atoms with Crippen molar-refractivity contribution in [1.82, 2.24) is 9.80 Å². The molecule has 2 aliphatic heterocycles. The summed E-state index contributed by atoms with van der Waals surface area (Å²) in [4.78, 5) is 16.4. The van der Waals surface area contributed by atoms with E-state index in [1.165, 1.54) is 12.8 Å². The van der Waals surface area contributed by atoms with Gasteiger partial charge in [0.1, 0.15) is 0 Å². The molecule has 0 radical (unpaired) electrons. The predicted octanol–water partition coefficient (Wildman–Crippen LogP) is 0.0639. The zero-order valence-corrected chi connectivity index (χ0v) is 9.64. The Bertz CT molecular complexity index is 291. The quantitative estimate of drug-likeness (QED) is 0.737. The predicted molar refractivity (Wildman–Crippen MR) is 59.9 cm³/mol. The van der Waals surface area contributed by atoms with Crippen LogP contribution in [0.25, 0.3) is 0 Å². The summed E-state index contributed by atoms with van der Waals surface area (Å²) in [5.41, 5.74) is 0. The Morgan fingerprint density at radius 3 is 2.62 bits per heavy atom. The summed E-state index contributed by atoms with van der Waals surface area (Å²) in [5.74, 6) is 0.434. The SMILES string of the molecule is O=C1CC(CO)CN1C1CCN(C2CC2)C1. The molecule has 3 rings (SSSR count). The Labute approximate surface area is 96.2 Å². The van der Waals surface area contributed by atoms with Crippen LogP contribution >= 0.6 is 0 Å². The van der Waals surface area contributed by atoms with Crippen LogP contribution in [0, 0.1) is 5.92 Å². The van der Waals surface area contributed by atoms with E-state index in [0.29, 0.717) is 12.5 Å². The molecular weight excluding hydrogens is 204 g/mol. The highest BCUT2D eigenvalue weighted by Crippen LogP contribution is 2.32. The second kappa shape index (κ2) is 4.00. The molecule has 4 nitrogen and oxygen atoms in total. The molecular formula is C12H20N2O2. The topological polar surface area (TPSA) is 43.8 Å².